The van der Waals surface area contributed by atoms with Gasteiger partial charge in [0.05, 0.1) is 17.9 Å². The van der Waals surface area contributed by atoms with Crippen molar-refractivity contribution in [3.05, 3.63) is 66.7 Å². The van der Waals surface area contributed by atoms with Gasteiger partial charge in [-0.1, -0.05) is 18.2 Å². The van der Waals surface area contributed by atoms with Crippen LogP contribution in [-0.2, 0) is 6.54 Å². The lowest BCUT2D eigenvalue weighted by molar-refractivity contribution is 0.365. The first kappa shape index (κ1) is 14.5. The third-order valence-corrected chi connectivity index (χ3v) is 3.95. The number of aromatic nitrogens is 4. The van der Waals surface area contributed by atoms with Gasteiger partial charge in [0.2, 0.25) is 0 Å². The van der Waals surface area contributed by atoms with Gasteiger partial charge >= 0.3 is 0 Å². The fourth-order valence-corrected chi connectivity index (χ4v) is 2.37. The number of nitrogens with one attached hydrogen (secondary N) is 1. The molecule has 22 heavy (non-hydrogen) atoms. The molecule has 2 heterocycles. The SMILES string of the molecule is C[C@@H](NCc1cnn(-c2ccccc2)c1)[C@H](C)n1cccn1. The highest BCUT2D eigenvalue weighted by molar-refractivity contribution is 5.30. The molecular formula is C17H21N5. The quantitative estimate of drug-likeness (QED) is 0.760. The van der Waals surface area contributed by atoms with Crippen LogP contribution in [0.4, 0.5) is 0 Å². The van der Waals surface area contributed by atoms with Crippen molar-refractivity contribution in [3.8, 4) is 5.69 Å². The third kappa shape index (κ3) is 3.26. The summed E-state index contributed by atoms with van der Waals surface area (Å²) in [6.07, 6.45) is 7.78. The van der Waals surface area contributed by atoms with Crippen LogP contribution in [0.3, 0.4) is 0 Å². The second-order valence-corrected chi connectivity index (χ2v) is 5.52. The van der Waals surface area contributed by atoms with Gasteiger partial charge in [-0.05, 0) is 32.0 Å². The van der Waals surface area contributed by atoms with Gasteiger partial charge in [0.15, 0.2) is 0 Å². The van der Waals surface area contributed by atoms with E-state index < -0.39 is 0 Å². The normalized spacial score (nSPS) is 13.9. The van der Waals surface area contributed by atoms with Crippen molar-refractivity contribution < 1.29 is 0 Å². The molecule has 0 unspecified atom stereocenters. The molecule has 5 heteroatoms. The van der Waals surface area contributed by atoms with Gasteiger partial charge in [-0.3, -0.25) is 4.68 Å². The second kappa shape index (κ2) is 6.58. The van der Waals surface area contributed by atoms with Crippen LogP contribution in [0.15, 0.2) is 61.2 Å². The molecule has 1 N–H and O–H groups in total. The number of hydrogen-bond acceptors (Lipinski definition) is 3. The zero-order chi connectivity index (χ0) is 15.4. The van der Waals surface area contributed by atoms with Crippen molar-refractivity contribution in [1.82, 2.24) is 24.9 Å². The van der Waals surface area contributed by atoms with E-state index in [0.29, 0.717) is 12.1 Å². The summed E-state index contributed by atoms with van der Waals surface area (Å²) in [6.45, 7) is 5.13. The van der Waals surface area contributed by atoms with Crippen LogP contribution in [0.2, 0.25) is 0 Å². The highest BCUT2D eigenvalue weighted by Gasteiger charge is 2.13. The Labute approximate surface area is 130 Å². The average molecular weight is 295 g/mol. The van der Waals surface area contributed by atoms with Gasteiger partial charge in [-0.15, -0.1) is 0 Å². The Kier molecular flexibility index (Phi) is 4.34. The summed E-state index contributed by atoms with van der Waals surface area (Å²) in [5, 5.41) is 12.3. The average Bonchev–Trinajstić information content (AvgIpc) is 3.24. The molecule has 0 saturated heterocycles. The van der Waals surface area contributed by atoms with Crippen LogP contribution in [0.1, 0.15) is 25.5 Å². The molecule has 0 saturated carbocycles. The first-order valence-corrected chi connectivity index (χ1v) is 7.55. The maximum atomic E-state index is 4.42. The van der Waals surface area contributed by atoms with Crippen molar-refractivity contribution in [2.45, 2.75) is 32.5 Å². The van der Waals surface area contributed by atoms with Gasteiger partial charge in [0.25, 0.3) is 0 Å². The van der Waals surface area contributed by atoms with E-state index >= 15 is 0 Å². The molecule has 2 atom stereocenters. The van der Waals surface area contributed by atoms with Crippen molar-refractivity contribution in [2.24, 2.45) is 0 Å². The highest BCUT2D eigenvalue weighted by atomic mass is 15.3. The summed E-state index contributed by atoms with van der Waals surface area (Å²) in [4.78, 5) is 0. The van der Waals surface area contributed by atoms with Crippen LogP contribution in [-0.4, -0.2) is 25.6 Å². The van der Waals surface area contributed by atoms with Gasteiger partial charge in [0.1, 0.15) is 0 Å². The van der Waals surface area contributed by atoms with Crippen molar-refractivity contribution in [3.63, 3.8) is 0 Å². The molecule has 2 aromatic heterocycles. The first-order valence-electron chi connectivity index (χ1n) is 7.55. The van der Waals surface area contributed by atoms with Gasteiger partial charge in [0, 0.05) is 36.7 Å². The molecule has 1 aromatic carbocycles. The molecule has 0 spiro atoms. The zero-order valence-corrected chi connectivity index (χ0v) is 12.9. The van der Waals surface area contributed by atoms with Crippen LogP contribution in [0, 0.1) is 0 Å². The molecule has 5 nitrogen and oxygen atoms in total. The predicted molar refractivity (Wildman–Crippen MR) is 86.8 cm³/mol. The number of para-hydroxylation sites is 1. The molecular weight excluding hydrogens is 274 g/mol. The van der Waals surface area contributed by atoms with E-state index in [-0.39, 0.29) is 0 Å². The Morgan fingerprint density at radius 2 is 1.91 bits per heavy atom. The monoisotopic (exact) mass is 295 g/mol. The van der Waals surface area contributed by atoms with E-state index in [0.717, 1.165) is 12.2 Å². The van der Waals surface area contributed by atoms with Gasteiger partial charge in [-0.25, -0.2) is 4.68 Å². The molecule has 0 fully saturated rings. The van der Waals surface area contributed by atoms with E-state index in [4.69, 9.17) is 0 Å². The maximum Gasteiger partial charge on any atom is 0.0645 e. The minimum atomic E-state index is 0.305. The Bertz CT molecular complexity index is 687. The minimum absolute atomic E-state index is 0.305. The summed E-state index contributed by atoms with van der Waals surface area (Å²) in [5.41, 5.74) is 2.25. The lowest BCUT2D eigenvalue weighted by Crippen LogP contribution is -2.33. The summed E-state index contributed by atoms with van der Waals surface area (Å²) in [5.74, 6) is 0. The second-order valence-electron chi connectivity index (χ2n) is 5.52. The van der Waals surface area contributed by atoms with E-state index in [1.165, 1.54) is 5.56 Å². The Morgan fingerprint density at radius 1 is 1.09 bits per heavy atom. The molecule has 0 aliphatic carbocycles. The largest absolute Gasteiger partial charge is 0.308 e. The minimum Gasteiger partial charge on any atom is -0.308 e. The lowest BCUT2D eigenvalue weighted by atomic mass is 10.1. The number of benzene rings is 1. The summed E-state index contributed by atoms with van der Waals surface area (Å²) >= 11 is 0. The molecule has 3 rings (SSSR count). The Hall–Kier alpha value is -2.40. The summed E-state index contributed by atoms with van der Waals surface area (Å²) in [6, 6.07) is 12.7. The topological polar surface area (TPSA) is 47.7 Å². The molecule has 0 aliphatic rings. The van der Waals surface area contributed by atoms with Gasteiger partial charge in [-0.2, -0.15) is 10.2 Å². The molecule has 0 radical (unpaired) electrons. The first-order chi connectivity index (χ1) is 10.7. The number of hydrogen-bond donors (Lipinski definition) is 1. The van der Waals surface area contributed by atoms with Crippen LogP contribution >= 0.6 is 0 Å². The molecule has 3 aromatic rings. The Balaban J connectivity index is 1.59. The smallest absolute Gasteiger partial charge is 0.0645 e. The lowest BCUT2D eigenvalue weighted by Gasteiger charge is -2.21. The highest BCUT2D eigenvalue weighted by Crippen LogP contribution is 2.11. The summed E-state index contributed by atoms with van der Waals surface area (Å²) in [7, 11) is 0. The van der Waals surface area contributed by atoms with E-state index in [9.17, 15) is 0 Å². The number of rotatable bonds is 6. The maximum absolute atomic E-state index is 4.42. The summed E-state index contributed by atoms with van der Waals surface area (Å²) < 4.78 is 3.88. The van der Waals surface area contributed by atoms with Crippen molar-refractivity contribution in [2.75, 3.05) is 0 Å². The van der Waals surface area contributed by atoms with E-state index in [2.05, 4.69) is 35.6 Å². The number of nitrogens with zero attached hydrogens (tertiary/aromatic N) is 4. The van der Waals surface area contributed by atoms with Crippen LogP contribution < -0.4 is 5.32 Å². The predicted octanol–water partition coefficient (Wildman–Crippen LogP) is 2.81. The molecule has 0 aliphatic heterocycles. The standard InChI is InChI=1S/C17H21N5/c1-14(15(2)21-10-6-9-19-21)18-11-16-12-20-22(13-16)17-7-4-3-5-8-17/h3-10,12-15,18H,11H2,1-2H3/t14-,15+/m1/s1. The Morgan fingerprint density at radius 3 is 2.64 bits per heavy atom. The van der Waals surface area contributed by atoms with E-state index in [1.807, 2.05) is 64.4 Å². The fraction of sp³-hybridized carbons (Fsp3) is 0.294. The molecule has 114 valence electrons. The van der Waals surface area contributed by atoms with E-state index in [1.54, 1.807) is 0 Å². The zero-order valence-electron chi connectivity index (χ0n) is 12.9. The van der Waals surface area contributed by atoms with Crippen LogP contribution in [0.5, 0.6) is 0 Å². The van der Waals surface area contributed by atoms with Crippen molar-refractivity contribution in [1.29, 1.82) is 0 Å². The van der Waals surface area contributed by atoms with Crippen molar-refractivity contribution >= 4 is 0 Å². The van der Waals surface area contributed by atoms with Crippen LogP contribution in [0.25, 0.3) is 5.69 Å². The van der Waals surface area contributed by atoms with Gasteiger partial charge < -0.3 is 5.32 Å². The molecule has 0 amide bonds. The molecule has 0 bridgehead atoms. The third-order valence-electron chi connectivity index (χ3n) is 3.95. The fourth-order valence-electron chi connectivity index (χ4n) is 2.37.